The van der Waals surface area contributed by atoms with Crippen LogP contribution >= 0.6 is 0 Å². The van der Waals surface area contributed by atoms with E-state index in [9.17, 15) is 4.79 Å². The summed E-state index contributed by atoms with van der Waals surface area (Å²) in [6, 6.07) is 8.33. The SMILES string of the molecule is COc1nc(C)cc(=O)n1Cc1ccc(B(O)O)cc1. The van der Waals surface area contributed by atoms with Gasteiger partial charge < -0.3 is 14.8 Å². The van der Waals surface area contributed by atoms with Gasteiger partial charge in [0.25, 0.3) is 11.6 Å². The van der Waals surface area contributed by atoms with Gasteiger partial charge in [-0.1, -0.05) is 24.3 Å². The first-order chi connectivity index (χ1) is 9.51. The monoisotopic (exact) mass is 274 g/mol. The molecule has 0 saturated carbocycles. The average Bonchev–Trinajstić information content (AvgIpc) is 2.42. The smallest absolute Gasteiger partial charge is 0.468 e. The number of ether oxygens (including phenoxy) is 1. The Morgan fingerprint density at radius 1 is 1.30 bits per heavy atom. The Morgan fingerprint density at radius 2 is 1.95 bits per heavy atom. The molecule has 0 aliphatic heterocycles. The number of benzene rings is 1. The Kier molecular flexibility index (Phi) is 4.21. The van der Waals surface area contributed by atoms with Gasteiger partial charge in [-0.05, 0) is 17.9 Å². The third-order valence-electron chi connectivity index (χ3n) is 2.90. The van der Waals surface area contributed by atoms with Gasteiger partial charge in [0.1, 0.15) is 0 Å². The van der Waals surface area contributed by atoms with Crippen LogP contribution in [0.2, 0.25) is 0 Å². The molecule has 2 aromatic rings. The van der Waals surface area contributed by atoms with Gasteiger partial charge in [-0.2, -0.15) is 0 Å². The van der Waals surface area contributed by atoms with E-state index < -0.39 is 7.12 Å². The van der Waals surface area contributed by atoms with Crippen LogP contribution < -0.4 is 15.8 Å². The van der Waals surface area contributed by atoms with Crippen molar-refractivity contribution in [2.75, 3.05) is 7.11 Å². The highest BCUT2D eigenvalue weighted by atomic mass is 16.5. The summed E-state index contributed by atoms with van der Waals surface area (Å²) < 4.78 is 6.53. The van der Waals surface area contributed by atoms with Crippen LogP contribution in [0.25, 0.3) is 0 Å². The molecule has 0 saturated heterocycles. The highest BCUT2D eigenvalue weighted by Gasteiger charge is 2.11. The molecule has 0 aliphatic carbocycles. The minimum Gasteiger partial charge on any atom is -0.468 e. The van der Waals surface area contributed by atoms with Crippen molar-refractivity contribution in [3.8, 4) is 6.01 Å². The fourth-order valence-corrected chi connectivity index (χ4v) is 1.87. The van der Waals surface area contributed by atoms with Crippen molar-refractivity contribution >= 4 is 12.6 Å². The Hall–Kier alpha value is -2.12. The molecule has 0 unspecified atom stereocenters. The maximum Gasteiger partial charge on any atom is 0.488 e. The Labute approximate surface area is 116 Å². The molecule has 104 valence electrons. The van der Waals surface area contributed by atoms with E-state index in [0.29, 0.717) is 17.7 Å². The predicted octanol–water partition coefficient (Wildman–Crippen LogP) is -0.712. The highest BCUT2D eigenvalue weighted by molar-refractivity contribution is 6.58. The molecule has 0 bridgehead atoms. The summed E-state index contributed by atoms with van der Waals surface area (Å²) in [5.41, 5.74) is 1.64. The molecular weight excluding hydrogens is 259 g/mol. The third-order valence-corrected chi connectivity index (χ3v) is 2.90. The van der Waals surface area contributed by atoms with Crippen molar-refractivity contribution < 1.29 is 14.8 Å². The van der Waals surface area contributed by atoms with Crippen LogP contribution in [-0.4, -0.2) is 33.8 Å². The van der Waals surface area contributed by atoms with Crippen molar-refractivity contribution in [3.05, 3.63) is 51.9 Å². The molecule has 7 heteroatoms. The quantitative estimate of drug-likeness (QED) is 0.719. The molecule has 0 spiro atoms. The summed E-state index contributed by atoms with van der Waals surface area (Å²) in [4.78, 5) is 16.1. The van der Waals surface area contributed by atoms with E-state index in [4.69, 9.17) is 14.8 Å². The molecule has 1 aromatic carbocycles. The zero-order valence-electron chi connectivity index (χ0n) is 11.3. The van der Waals surface area contributed by atoms with E-state index in [1.54, 1.807) is 31.2 Å². The van der Waals surface area contributed by atoms with Crippen LogP contribution in [0.4, 0.5) is 0 Å². The Balaban J connectivity index is 2.32. The summed E-state index contributed by atoms with van der Waals surface area (Å²) in [6.07, 6.45) is 0. The van der Waals surface area contributed by atoms with Crippen LogP contribution in [-0.2, 0) is 6.54 Å². The van der Waals surface area contributed by atoms with E-state index in [1.807, 2.05) is 0 Å². The van der Waals surface area contributed by atoms with Gasteiger partial charge >= 0.3 is 7.12 Å². The molecule has 1 aromatic heterocycles. The van der Waals surface area contributed by atoms with E-state index in [1.165, 1.54) is 17.7 Å². The lowest BCUT2D eigenvalue weighted by atomic mass is 9.80. The summed E-state index contributed by atoms with van der Waals surface area (Å²) >= 11 is 0. The molecule has 0 radical (unpaired) electrons. The van der Waals surface area contributed by atoms with E-state index >= 15 is 0 Å². The number of hydrogen-bond donors (Lipinski definition) is 2. The number of rotatable bonds is 4. The second-order valence-electron chi connectivity index (χ2n) is 4.42. The molecule has 0 fully saturated rings. The molecule has 6 nitrogen and oxygen atoms in total. The molecule has 2 rings (SSSR count). The first-order valence-electron chi connectivity index (χ1n) is 6.08. The fraction of sp³-hybridized carbons (Fsp3) is 0.231. The van der Waals surface area contributed by atoms with Gasteiger partial charge in [-0.25, -0.2) is 4.98 Å². The third kappa shape index (κ3) is 3.07. The van der Waals surface area contributed by atoms with Crippen LogP contribution in [0.1, 0.15) is 11.3 Å². The second-order valence-corrected chi connectivity index (χ2v) is 4.42. The van der Waals surface area contributed by atoms with Crippen molar-refractivity contribution in [2.24, 2.45) is 0 Å². The van der Waals surface area contributed by atoms with Crippen molar-refractivity contribution in [1.82, 2.24) is 9.55 Å². The van der Waals surface area contributed by atoms with Crippen LogP contribution in [0, 0.1) is 6.92 Å². The molecule has 2 N–H and O–H groups in total. The van der Waals surface area contributed by atoms with Gasteiger partial charge in [-0.15, -0.1) is 0 Å². The molecule has 0 aliphatic rings. The van der Waals surface area contributed by atoms with Crippen molar-refractivity contribution in [3.63, 3.8) is 0 Å². The summed E-state index contributed by atoms with van der Waals surface area (Å²) in [6.45, 7) is 2.03. The largest absolute Gasteiger partial charge is 0.488 e. The average molecular weight is 274 g/mol. The molecule has 0 atom stereocenters. The highest BCUT2D eigenvalue weighted by Crippen LogP contribution is 2.08. The van der Waals surface area contributed by atoms with E-state index in [2.05, 4.69) is 4.98 Å². The Bertz CT molecular complexity index is 652. The van der Waals surface area contributed by atoms with E-state index in [-0.39, 0.29) is 11.6 Å². The lowest BCUT2D eigenvalue weighted by Gasteiger charge is -2.11. The Morgan fingerprint density at radius 3 is 2.50 bits per heavy atom. The van der Waals surface area contributed by atoms with Gasteiger partial charge in [0.2, 0.25) is 0 Å². The maximum absolute atomic E-state index is 12.0. The van der Waals surface area contributed by atoms with Gasteiger partial charge in [0.05, 0.1) is 13.7 Å². The second kappa shape index (κ2) is 5.89. The number of methoxy groups -OCH3 is 1. The zero-order valence-corrected chi connectivity index (χ0v) is 11.3. The number of hydrogen-bond acceptors (Lipinski definition) is 5. The maximum atomic E-state index is 12.0. The number of aromatic nitrogens is 2. The fourth-order valence-electron chi connectivity index (χ4n) is 1.87. The van der Waals surface area contributed by atoms with Gasteiger partial charge in [-0.3, -0.25) is 9.36 Å². The summed E-state index contributed by atoms with van der Waals surface area (Å²) in [5, 5.41) is 18.1. The lowest BCUT2D eigenvalue weighted by molar-refractivity contribution is 0.350. The van der Waals surface area contributed by atoms with Gasteiger partial charge in [0, 0.05) is 11.8 Å². The number of nitrogens with zero attached hydrogens (tertiary/aromatic N) is 2. The van der Waals surface area contributed by atoms with Crippen molar-refractivity contribution in [2.45, 2.75) is 13.5 Å². The zero-order chi connectivity index (χ0) is 14.7. The standard InChI is InChI=1S/C13H15BN2O4/c1-9-7-12(17)16(13(15-9)20-2)8-10-3-5-11(6-4-10)14(18)19/h3-7,18-19H,8H2,1-2H3. The minimum atomic E-state index is -1.50. The van der Waals surface area contributed by atoms with Crippen LogP contribution in [0.15, 0.2) is 35.1 Å². The molecule has 20 heavy (non-hydrogen) atoms. The topological polar surface area (TPSA) is 84.6 Å². The van der Waals surface area contributed by atoms with Crippen molar-refractivity contribution in [1.29, 1.82) is 0 Å². The molecular formula is C13H15BN2O4. The molecule has 0 amide bonds. The normalized spacial score (nSPS) is 10.4. The van der Waals surface area contributed by atoms with Crippen LogP contribution in [0.5, 0.6) is 6.01 Å². The first-order valence-corrected chi connectivity index (χ1v) is 6.08. The summed E-state index contributed by atoms with van der Waals surface area (Å²) in [5.74, 6) is 0. The number of aryl methyl sites for hydroxylation is 1. The van der Waals surface area contributed by atoms with E-state index in [0.717, 1.165) is 5.56 Å². The lowest BCUT2D eigenvalue weighted by Crippen LogP contribution is -2.29. The summed E-state index contributed by atoms with van der Waals surface area (Å²) in [7, 11) is -0.0366. The minimum absolute atomic E-state index is 0.194. The molecule has 1 heterocycles. The van der Waals surface area contributed by atoms with Gasteiger partial charge in [0.15, 0.2) is 0 Å². The van der Waals surface area contributed by atoms with Crippen LogP contribution in [0.3, 0.4) is 0 Å². The predicted molar refractivity (Wildman–Crippen MR) is 75.2 cm³/mol. The first kappa shape index (κ1) is 14.3.